The molecule has 10 atom stereocenters. The van der Waals surface area contributed by atoms with Crippen LogP contribution in [0.3, 0.4) is 0 Å². The number of H-pyrrole nitrogens is 2. The molecule has 3 saturated heterocycles. The summed E-state index contributed by atoms with van der Waals surface area (Å²) < 4.78 is 68.6. The SMILES string of the molecule is CC(CC#N)OCOCOC1C(n2ccc(=O)[nH]c2=O)OC(CO)[C@@H]1O.CC(CC#N)OCOCOC1C(n2ccc(=O)[nH]c2=O)OC2CO[Si](C(C)C)(C(C)C)O[Si](C(C)C)(C(C)C)O[C@@H]21.CPC.CPC.[U].[U]. The topological polar surface area (TPSA) is 299 Å². The summed E-state index contributed by atoms with van der Waals surface area (Å²) in [6, 6.07) is 6.41. The van der Waals surface area contributed by atoms with Crippen LogP contribution in [0.15, 0.2) is 43.7 Å². The van der Waals surface area contributed by atoms with Crippen LogP contribution in [-0.2, 0) is 50.9 Å². The average Bonchev–Trinajstić information content (AvgIpc) is 3.80. The summed E-state index contributed by atoms with van der Waals surface area (Å²) in [6.07, 6.45) is -4.69. The number of aromatic nitrogens is 4. The van der Waals surface area contributed by atoms with Crippen LogP contribution in [0, 0.1) is 84.9 Å². The van der Waals surface area contributed by atoms with Crippen molar-refractivity contribution in [3.63, 3.8) is 0 Å². The number of aliphatic hydroxyl groups is 2. The van der Waals surface area contributed by atoms with Crippen molar-refractivity contribution in [2.24, 2.45) is 0 Å². The van der Waals surface area contributed by atoms with E-state index in [9.17, 15) is 29.4 Å². The number of nitrogens with zero attached hydrogens (tertiary/aromatic N) is 4. The third-order valence-electron chi connectivity index (χ3n) is 11.7. The monoisotopic (exact) mass is 1580 g/mol. The van der Waals surface area contributed by atoms with E-state index in [4.69, 9.17) is 61.4 Å². The van der Waals surface area contributed by atoms with E-state index in [0.29, 0.717) is 0 Å². The summed E-state index contributed by atoms with van der Waals surface area (Å²) in [4.78, 5) is 52.2. The van der Waals surface area contributed by atoms with Crippen molar-refractivity contribution >= 4 is 34.3 Å². The maximum Gasteiger partial charge on any atom is 0.335 e. The van der Waals surface area contributed by atoms with Gasteiger partial charge < -0.3 is 61.1 Å². The van der Waals surface area contributed by atoms with Crippen molar-refractivity contribution in [2.45, 2.75) is 166 Å². The molecular weight excluding hydrogens is 1500 g/mol. The van der Waals surface area contributed by atoms with E-state index in [-0.39, 0.29) is 143 Å². The molecule has 5 heterocycles. The number of nitriles is 2. The molecule has 3 aliphatic heterocycles. The van der Waals surface area contributed by atoms with Gasteiger partial charge in [-0.3, -0.25) is 28.7 Å². The fourth-order valence-electron chi connectivity index (χ4n) is 8.08. The zero-order valence-corrected chi connectivity index (χ0v) is 58.2. The standard InChI is InChI=1S/C27H47N3O9Si2.C15H21N3O8.2C2H7P.2U/c1-17(2)40(18(3)4)36-14-22-24(38-41(39-40,19(5)6)20(7)8)25(35-16-33-15-34-21(9)10-12-28)26(37-22)30-13-11-23(31)29-27(30)32;1-9(2-4-16)24-7-23-8-25-13-12(21)10(6-19)26-14(13)18-5-3-11(20)17-15(18)22;2*1-3-2;;/h11,13,17-22,24-26H,10,14-16H2,1-9H3,(H,29,31,32);3,5,9-10,12-14,19,21H,2,6-8H2,1H3,(H,17,20,22);2*3H,1-2H3;;/t21?,22?,24-,25?,26?;9?,10?,12-,13?,14?;;;;/m00..../s1. The second-order valence-electron chi connectivity index (χ2n) is 18.7. The fraction of sp³-hybridized carbons (Fsp3) is 0.783. The molecule has 0 bridgehead atoms. The Kier molecular flexibility index (Phi) is 37.6. The van der Waals surface area contributed by atoms with Crippen LogP contribution in [0.1, 0.15) is 94.5 Å². The molecule has 0 amide bonds. The Morgan fingerprint density at radius 3 is 1.49 bits per heavy atom. The average molecular weight is 1590 g/mol. The predicted octanol–water partition coefficient (Wildman–Crippen LogP) is 4.30. The zero-order chi connectivity index (χ0) is 55.1. The van der Waals surface area contributed by atoms with Crippen LogP contribution in [0.4, 0.5) is 0 Å². The van der Waals surface area contributed by atoms with E-state index in [1.165, 1.54) is 23.0 Å². The fourth-order valence-corrected chi connectivity index (χ4v) is 19.3. The number of fused-ring (bicyclic) bond motifs is 1. The van der Waals surface area contributed by atoms with Gasteiger partial charge in [-0.2, -0.15) is 10.5 Å². The number of aliphatic hydroxyl groups excluding tert-OH is 2. The van der Waals surface area contributed by atoms with Gasteiger partial charge in [-0.25, -0.2) is 9.59 Å². The van der Waals surface area contributed by atoms with Crippen LogP contribution >= 0.6 is 17.2 Å². The van der Waals surface area contributed by atoms with Crippen LogP contribution in [0.5, 0.6) is 0 Å². The first-order chi connectivity index (χ1) is 34.6. The van der Waals surface area contributed by atoms with Gasteiger partial charge in [-0.05, 0) is 62.7 Å². The number of rotatable bonds is 21. The Balaban J connectivity index is 0.00000138. The Morgan fingerprint density at radius 1 is 0.693 bits per heavy atom. The van der Waals surface area contributed by atoms with Gasteiger partial charge in [-0.15, -0.1) is 17.2 Å². The van der Waals surface area contributed by atoms with Crippen molar-refractivity contribution < 1.29 is 123 Å². The third kappa shape index (κ3) is 21.9. The van der Waals surface area contributed by atoms with Gasteiger partial charge in [0.1, 0.15) is 63.8 Å². The van der Waals surface area contributed by atoms with E-state index in [2.05, 4.69) is 98.1 Å². The van der Waals surface area contributed by atoms with E-state index < -0.39 is 95.3 Å². The Labute approximate surface area is 494 Å². The first-order valence-corrected chi connectivity index (χ1v) is 32.3. The number of hydrogen-bond acceptors (Lipinski definition) is 19. The molecule has 8 unspecified atom stereocenters. The molecule has 0 aromatic carbocycles. The Hall–Kier alpha value is -0.782. The minimum absolute atomic E-state index is 0. The first kappa shape index (κ1) is 74.2. The molecule has 5 rings (SSSR count). The normalized spacial score (nSPS) is 24.2. The largest absolute Gasteiger partial charge is 0.414 e. The maximum absolute atomic E-state index is 12.9. The number of hydrogen-bond donors (Lipinski definition) is 4. The summed E-state index contributed by atoms with van der Waals surface area (Å²) in [5.41, 5.74) is -1.97. The van der Waals surface area contributed by atoms with Crippen molar-refractivity contribution in [1.82, 2.24) is 19.1 Å². The first-order valence-electron chi connectivity index (χ1n) is 24.4. The van der Waals surface area contributed by atoms with E-state index >= 15 is 0 Å². The van der Waals surface area contributed by atoms with Crippen molar-refractivity contribution in [2.75, 3.05) is 67.0 Å². The molecule has 0 aliphatic carbocycles. The van der Waals surface area contributed by atoms with Gasteiger partial charge in [0.15, 0.2) is 12.5 Å². The molecule has 424 valence electrons. The van der Waals surface area contributed by atoms with Crippen LogP contribution < -0.4 is 22.5 Å². The van der Waals surface area contributed by atoms with Crippen LogP contribution in [0.25, 0.3) is 0 Å². The smallest absolute Gasteiger partial charge is 0.335 e. The molecule has 2 aromatic heterocycles. The van der Waals surface area contributed by atoms with Crippen LogP contribution in [-0.4, -0.2) is 162 Å². The zero-order valence-electron chi connectivity index (χ0n) is 45.9. The molecule has 0 saturated carbocycles. The number of ether oxygens (including phenoxy) is 8. The molecule has 23 nitrogen and oxygen atoms in total. The molecule has 0 spiro atoms. The summed E-state index contributed by atoms with van der Waals surface area (Å²) in [7, 11) is -3.64. The van der Waals surface area contributed by atoms with Crippen molar-refractivity contribution in [1.29, 1.82) is 10.5 Å². The minimum Gasteiger partial charge on any atom is -0.414 e. The van der Waals surface area contributed by atoms with Gasteiger partial charge in [-0.1, -0.05) is 55.4 Å². The summed E-state index contributed by atoms with van der Waals surface area (Å²) in [6.45, 7) is 28.3. The Bertz CT molecular complexity index is 2220. The maximum atomic E-state index is 12.9. The van der Waals surface area contributed by atoms with Crippen LogP contribution in [0.2, 0.25) is 22.2 Å². The summed E-state index contributed by atoms with van der Waals surface area (Å²) in [5.74, 6) is 0. The molecule has 29 heteroatoms. The van der Waals surface area contributed by atoms with E-state index in [0.717, 1.165) is 27.8 Å². The van der Waals surface area contributed by atoms with E-state index in [1.54, 1.807) is 13.8 Å². The second-order valence-corrected chi connectivity index (χ2v) is 29.6. The molecule has 75 heavy (non-hydrogen) atoms. The van der Waals surface area contributed by atoms with Gasteiger partial charge >= 0.3 is 28.5 Å². The Morgan fingerprint density at radius 2 is 1.11 bits per heavy atom. The van der Waals surface area contributed by atoms with Crippen molar-refractivity contribution in [3.8, 4) is 12.1 Å². The van der Waals surface area contributed by atoms with Gasteiger partial charge in [0, 0.05) is 86.8 Å². The molecule has 0 radical (unpaired) electrons. The third-order valence-corrected chi connectivity index (χ3v) is 21.9. The second kappa shape index (κ2) is 38.0. The molecule has 4 N–H and O–H groups in total. The van der Waals surface area contributed by atoms with Crippen molar-refractivity contribution in [3.05, 3.63) is 66.2 Å². The molecule has 3 aliphatic rings. The minimum atomic E-state index is -3.00. The van der Waals surface area contributed by atoms with Gasteiger partial charge in [0.05, 0.1) is 50.4 Å². The number of nitrogens with one attached hydrogen (secondary N) is 2. The molecular formula is C46H82N6O17P2Si2U2. The van der Waals surface area contributed by atoms with Gasteiger partial charge in [0.2, 0.25) is 0 Å². The summed E-state index contributed by atoms with van der Waals surface area (Å²) in [5, 5.41) is 36.9. The molecule has 2 aromatic rings. The quantitative estimate of drug-likeness (QED) is 0.0586. The summed E-state index contributed by atoms with van der Waals surface area (Å²) >= 11 is 0. The molecule has 3 fully saturated rings. The number of aromatic amines is 2. The van der Waals surface area contributed by atoms with Gasteiger partial charge in [0.25, 0.3) is 11.1 Å². The predicted molar refractivity (Wildman–Crippen MR) is 281 cm³/mol. The van der Waals surface area contributed by atoms with E-state index in [1.807, 2.05) is 6.07 Å².